The van der Waals surface area contributed by atoms with E-state index in [1.54, 1.807) is 5.69 Å². The monoisotopic (exact) mass is 260 g/mol. The molecule has 1 heterocycles. The van der Waals surface area contributed by atoms with E-state index in [0.29, 0.717) is 0 Å². The Hall–Kier alpha value is -0.760. The lowest BCUT2D eigenvalue weighted by Gasteiger charge is -2.33. The Kier molecular flexibility index (Phi) is 3.70. The molecule has 0 aliphatic heterocycles. The summed E-state index contributed by atoms with van der Waals surface area (Å²) in [5, 5.41) is 0. The molecule has 0 radical (unpaired) electrons. The van der Waals surface area contributed by atoms with Gasteiger partial charge in [-0.3, -0.25) is 0 Å². The number of aryl methyl sites for hydroxylation is 1. The molecule has 3 rings (SSSR count). The highest BCUT2D eigenvalue weighted by Crippen LogP contribution is 2.39. The summed E-state index contributed by atoms with van der Waals surface area (Å²) in [5.74, 6) is 0.938. The summed E-state index contributed by atoms with van der Waals surface area (Å²) in [7, 11) is 0. The second-order valence-electron chi connectivity index (χ2n) is 6.65. The molecule has 0 amide bonds. The zero-order chi connectivity index (χ0) is 13.4. The van der Waals surface area contributed by atoms with Gasteiger partial charge >= 0.3 is 0 Å². The van der Waals surface area contributed by atoms with Crippen LogP contribution >= 0.6 is 0 Å². The molecule has 19 heavy (non-hydrogen) atoms. The summed E-state index contributed by atoms with van der Waals surface area (Å²) < 4.78 is 2.66. The topological polar surface area (TPSA) is 30.9 Å². The van der Waals surface area contributed by atoms with E-state index < -0.39 is 0 Å². The van der Waals surface area contributed by atoms with Crippen molar-refractivity contribution in [2.24, 2.45) is 11.7 Å². The molecule has 2 nitrogen and oxygen atoms in total. The standard InChI is InChI=1S/C17H28N2/c1-3-13-6-4-7-14(11-13)19-12(2)10-15-16(18)8-5-9-17(15)19/h10,13-14,16H,3-9,11,18H2,1-2H3. The Morgan fingerprint density at radius 1 is 1.26 bits per heavy atom. The molecule has 3 atom stereocenters. The van der Waals surface area contributed by atoms with Gasteiger partial charge in [0, 0.05) is 23.5 Å². The third-order valence-electron chi connectivity index (χ3n) is 5.39. The molecule has 2 heteroatoms. The Balaban J connectivity index is 1.92. The minimum Gasteiger partial charge on any atom is -0.346 e. The van der Waals surface area contributed by atoms with E-state index in [1.807, 2.05) is 0 Å². The van der Waals surface area contributed by atoms with Crippen LogP contribution in [0.5, 0.6) is 0 Å². The fourth-order valence-electron chi connectivity index (χ4n) is 4.34. The predicted molar refractivity (Wildman–Crippen MR) is 80.3 cm³/mol. The summed E-state index contributed by atoms with van der Waals surface area (Å²) in [5.41, 5.74) is 10.8. The molecule has 106 valence electrons. The maximum absolute atomic E-state index is 6.30. The minimum absolute atomic E-state index is 0.286. The van der Waals surface area contributed by atoms with Gasteiger partial charge in [-0.05, 0) is 56.6 Å². The molecule has 3 unspecified atom stereocenters. The SMILES string of the molecule is CCC1CCCC(n2c(C)cc3c2CCCC3N)C1. The van der Waals surface area contributed by atoms with Crippen LogP contribution in [0.2, 0.25) is 0 Å². The van der Waals surface area contributed by atoms with Gasteiger partial charge < -0.3 is 10.3 Å². The van der Waals surface area contributed by atoms with Crippen LogP contribution in [0.25, 0.3) is 0 Å². The zero-order valence-electron chi connectivity index (χ0n) is 12.5. The third-order valence-corrected chi connectivity index (χ3v) is 5.39. The van der Waals surface area contributed by atoms with Crippen molar-refractivity contribution in [3.05, 3.63) is 23.0 Å². The fraction of sp³-hybridized carbons (Fsp3) is 0.765. The van der Waals surface area contributed by atoms with Crippen molar-refractivity contribution in [2.75, 3.05) is 0 Å². The molecular formula is C17H28N2. The number of aromatic nitrogens is 1. The van der Waals surface area contributed by atoms with Crippen LogP contribution in [-0.4, -0.2) is 4.57 Å². The molecule has 1 fully saturated rings. The maximum Gasteiger partial charge on any atom is 0.0338 e. The number of nitrogens with zero attached hydrogens (tertiary/aromatic N) is 1. The molecule has 0 spiro atoms. The first-order valence-electron chi connectivity index (χ1n) is 8.16. The zero-order valence-corrected chi connectivity index (χ0v) is 12.5. The van der Waals surface area contributed by atoms with Crippen LogP contribution in [0.3, 0.4) is 0 Å². The average molecular weight is 260 g/mol. The van der Waals surface area contributed by atoms with Crippen molar-refractivity contribution in [3.8, 4) is 0 Å². The van der Waals surface area contributed by atoms with E-state index >= 15 is 0 Å². The van der Waals surface area contributed by atoms with Crippen LogP contribution in [-0.2, 0) is 6.42 Å². The van der Waals surface area contributed by atoms with Gasteiger partial charge in [-0.15, -0.1) is 0 Å². The number of rotatable bonds is 2. The number of fused-ring (bicyclic) bond motifs is 1. The van der Waals surface area contributed by atoms with Gasteiger partial charge in [-0.1, -0.05) is 26.2 Å². The Bertz CT molecular complexity index is 446. The van der Waals surface area contributed by atoms with Crippen LogP contribution in [0, 0.1) is 12.8 Å². The molecule has 1 aromatic rings. The molecule has 0 bridgehead atoms. The second-order valence-corrected chi connectivity index (χ2v) is 6.65. The summed E-state index contributed by atoms with van der Waals surface area (Å²) in [6.07, 6.45) is 10.6. The molecule has 0 aromatic carbocycles. The molecular weight excluding hydrogens is 232 g/mol. The van der Waals surface area contributed by atoms with E-state index in [4.69, 9.17) is 5.73 Å². The minimum atomic E-state index is 0.286. The predicted octanol–water partition coefficient (Wildman–Crippen LogP) is 4.27. The van der Waals surface area contributed by atoms with Crippen molar-refractivity contribution in [1.29, 1.82) is 0 Å². The summed E-state index contributed by atoms with van der Waals surface area (Å²) >= 11 is 0. The van der Waals surface area contributed by atoms with Crippen molar-refractivity contribution in [2.45, 2.75) is 77.3 Å². The summed E-state index contributed by atoms with van der Waals surface area (Å²) in [6, 6.07) is 3.40. The molecule has 2 aliphatic rings. The highest BCUT2D eigenvalue weighted by molar-refractivity contribution is 5.33. The molecule has 2 N–H and O–H groups in total. The third kappa shape index (κ3) is 2.35. The first kappa shape index (κ1) is 13.2. The largest absolute Gasteiger partial charge is 0.346 e. The van der Waals surface area contributed by atoms with Crippen molar-refractivity contribution < 1.29 is 0 Å². The van der Waals surface area contributed by atoms with Crippen LogP contribution in [0.4, 0.5) is 0 Å². The maximum atomic E-state index is 6.30. The van der Waals surface area contributed by atoms with Gasteiger partial charge in [0.1, 0.15) is 0 Å². The van der Waals surface area contributed by atoms with Gasteiger partial charge in [0.05, 0.1) is 0 Å². The van der Waals surface area contributed by atoms with E-state index in [0.717, 1.165) is 12.0 Å². The molecule has 1 saturated carbocycles. The Morgan fingerprint density at radius 2 is 2.11 bits per heavy atom. The highest BCUT2D eigenvalue weighted by atomic mass is 15.0. The first-order valence-corrected chi connectivity index (χ1v) is 8.16. The Labute approximate surface area is 117 Å². The van der Waals surface area contributed by atoms with Gasteiger partial charge in [-0.25, -0.2) is 0 Å². The number of nitrogens with two attached hydrogens (primary N) is 1. The molecule has 0 saturated heterocycles. The van der Waals surface area contributed by atoms with E-state index in [9.17, 15) is 0 Å². The van der Waals surface area contributed by atoms with E-state index in [2.05, 4.69) is 24.5 Å². The van der Waals surface area contributed by atoms with Crippen molar-refractivity contribution in [3.63, 3.8) is 0 Å². The first-order chi connectivity index (χ1) is 9.20. The lowest BCUT2D eigenvalue weighted by molar-refractivity contribution is 0.254. The van der Waals surface area contributed by atoms with Crippen LogP contribution < -0.4 is 5.73 Å². The van der Waals surface area contributed by atoms with Crippen LogP contribution in [0.1, 0.15) is 80.9 Å². The fourth-order valence-corrected chi connectivity index (χ4v) is 4.34. The van der Waals surface area contributed by atoms with Gasteiger partial charge in [0.25, 0.3) is 0 Å². The quantitative estimate of drug-likeness (QED) is 0.845. The van der Waals surface area contributed by atoms with Gasteiger partial charge in [-0.2, -0.15) is 0 Å². The summed E-state index contributed by atoms with van der Waals surface area (Å²) in [6.45, 7) is 4.63. The second kappa shape index (κ2) is 5.32. The smallest absolute Gasteiger partial charge is 0.0338 e. The molecule has 2 aliphatic carbocycles. The van der Waals surface area contributed by atoms with Gasteiger partial charge in [0.15, 0.2) is 0 Å². The van der Waals surface area contributed by atoms with E-state index in [-0.39, 0.29) is 6.04 Å². The molecule has 1 aromatic heterocycles. The number of hydrogen-bond acceptors (Lipinski definition) is 1. The normalized spacial score (nSPS) is 31.2. The Morgan fingerprint density at radius 3 is 2.89 bits per heavy atom. The van der Waals surface area contributed by atoms with Crippen LogP contribution in [0.15, 0.2) is 6.07 Å². The number of hydrogen-bond donors (Lipinski definition) is 1. The lowest BCUT2D eigenvalue weighted by atomic mass is 9.83. The van der Waals surface area contributed by atoms with Crippen molar-refractivity contribution in [1.82, 2.24) is 4.57 Å². The average Bonchev–Trinajstić information content (AvgIpc) is 2.77. The highest BCUT2D eigenvalue weighted by Gasteiger charge is 2.28. The van der Waals surface area contributed by atoms with E-state index in [1.165, 1.54) is 62.6 Å². The lowest BCUT2D eigenvalue weighted by Crippen LogP contribution is -2.24. The van der Waals surface area contributed by atoms with Gasteiger partial charge in [0.2, 0.25) is 0 Å². The van der Waals surface area contributed by atoms with Crippen molar-refractivity contribution >= 4 is 0 Å². The summed E-state index contributed by atoms with van der Waals surface area (Å²) in [4.78, 5) is 0.